The molecule has 0 spiro atoms. The summed E-state index contributed by atoms with van der Waals surface area (Å²) in [5, 5.41) is 12.8. The van der Waals surface area contributed by atoms with Crippen LogP contribution in [-0.2, 0) is 17.9 Å². The lowest BCUT2D eigenvalue weighted by Gasteiger charge is -2.38. The number of aromatic nitrogens is 3. The molecule has 198 valence electrons. The molecular formula is C27H31N7O4. The number of carbonyl (C=O) groups excluding carboxylic acids is 1. The maximum atomic E-state index is 13.4. The summed E-state index contributed by atoms with van der Waals surface area (Å²) in [6.07, 6.45) is 2.93. The number of nitriles is 1. The van der Waals surface area contributed by atoms with Crippen molar-refractivity contribution in [3.8, 4) is 17.6 Å². The monoisotopic (exact) mass is 517 g/mol. The van der Waals surface area contributed by atoms with E-state index in [1.807, 2.05) is 39.0 Å². The smallest absolute Gasteiger partial charge is 0.338 e. The summed E-state index contributed by atoms with van der Waals surface area (Å²) in [4.78, 5) is 32.0. The van der Waals surface area contributed by atoms with Gasteiger partial charge in [-0.25, -0.2) is 14.6 Å². The Morgan fingerprint density at radius 3 is 2.82 bits per heavy atom. The second-order valence-corrected chi connectivity index (χ2v) is 9.99. The number of hydrogen-bond donors (Lipinski definition) is 2. The first kappa shape index (κ1) is 25.7. The summed E-state index contributed by atoms with van der Waals surface area (Å²) >= 11 is 0. The summed E-state index contributed by atoms with van der Waals surface area (Å²) in [5.41, 5.74) is 11.0. The van der Waals surface area contributed by atoms with E-state index in [1.165, 1.54) is 17.9 Å². The molecule has 1 fully saturated rings. The van der Waals surface area contributed by atoms with Crippen molar-refractivity contribution >= 4 is 5.97 Å². The molecule has 0 amide bonds. The van der Waals surface area contributed by atoms with Crippen LogP contribution in [0.5, 0.6) is 5.75 Å². The number of hydrogen-bond acceptors (Lipinski definition) is 9. The van der Waals surface area contributed by atoms with E-state index in [-0.39, 0.29) is 29.9 Å². The fraction of sp³-hybridized carbons (Fsp3) is 0.407. The Morgan fingerprint density at radius 1 is 1.32 bits per heavy atom. The topological polar surface area (TPSA) is 140 Å². The summed E-state index contributed by atoms with van der Waals surface area (Å²) in [7, 11) is 1.48. The summed E-state index contributed by atoms with van der Waals surface area (Å²) < 4.78 is 13.8. The number of cyclic esters (lactones) is 1. The van der Waals surface area contributed by atoms with E-state index in [4.69, 9.17) is 15.2 Å². The van der Waals surface area contributed by atoms with Gasteiger partial charge in [-0.05, 0) is 38.0 Å². The van der Waals surface area contributed by atoms with Gasteiger partial charge in [-0.3, -0.25) is 19.4 Å². The zero-order valence-corrected chi connectivity index (χ0v) is 21.9. The van der Waals surface area contributed by atoms with Crippen molar-refractivity contribution in [3.05, 3.63) is 74.6 Å². The molecule has 2 aliphatic rings. The lowest BCUT2D eigenvalue weighted by molar-refractivity contribution is 0.0535. The Hall–Kier alpha value is -3.98. The number of methoxy groups -OCH3 is 1. The number of piperazine rings is 1. The minimum atomic E-state index is -0.282. The van der Waals surface area contributed by atoms with Gasteiger partial charge in [-0.2, -0.15) is 5.26 Å². The maximum Gasteiger partial charge on any atom is 0.338 e. The first-order valence-corrected chi connectivity index (χ1v) is 12.5. The van der Waals surface area contributed by atoms with Gasteiger partial charge < -0.3 is 15.2 Å². The third kappa shape index (κ3) is 4.47. The van der Waals surface area contributed by atoms with Crippen LogP contribution in [0.15, 0.2) is 35.4 Å². The van der Waals surface area contributed by atoms with Gasteiger partial charge in [0.05, 0.1) is 30.7 Å². The molecule has 0 bridgehead atoms. The first-order chi connectivity index (χ1) is 18.2. The number of ether oxygens (including phenoxy) is 2. The number of nitrogens with two attached hydrogens (primary N) is 1. The predicted molar refractivity (Wildman–Crippen MR) is 139 cm³/mol. The molecule has 3 N–H and O–H groups in total. The molecule has 2 atom stereocenters. The standard InChI is InChI=1S/C27H31N7O4/c1-15(2)34-18(11-33(27(34)36)25-7-23(37-4)17(8-28)9-30-25)10-32-12-22(31-24(29)13-32)19-5-6-20-21(16(19)3)14-38-26(20)35/h5-7,9,11,15,22,24,31H,10,12-14,29H2,1-4H3/t22-,24+/m0/s1. The molecular weight excluding hydrogens is 486 g/mol. The predicted octanol–water partition coefficient (Wildman–Crippen LogP) is 1.91. The summed E-state index contributed by atoms with van der Waals surface area (Å²) in [6.45, 7) is 8.00. The average molecular weight is 518 g/mol. The Balaban J connectivity index is 1.45. The Labute approximate surface area is 220 Å². The van der Waals surface area contributed by atoms with E-state index < -0.39 is 0 Å². The molecule has 1 aromatic carbocycles. The molecule has 2 aliphatic heterocycles. The van der Waals surface area contributed by atoms with E-state index in [0.717, 1.165) is 22.4 Å². The number of imidazole rings is 1. The van der Waals surface area contributed by atoms with Gasteiger partial charge in [0, 0.05) is 49.5 Å². The average Bonchev–Trinajstić information content (AvgIpc) is 3.43. The number of fused-ring (bicyclic) bond motifs is 1. The van der Waals surface area contributed by atoms with E-state index in [2.05, 4.69) is 15.2 Å². The van der Waals surface area contributed by atoms with Crippen molar-refractivity contribution in [2.75, 3.05) is 20.2 Å². The van der Waals surface area contributed by atoms with Crippen LogP contribution in [0.4, 0.5) is 0 Å². The van der Waals surface area contributed by atoms with Gasteiger partial charge in [-0.1, -0.05) is 6.07 Å². The zero-order chi connectivity index (χ0) is 27.1. The number of nitrogens with zero attached hydrogens (tertiary/aromatic N) is 5. The number of benzene rings is 1. The minimum absolute atomic E-state index is 0.0505. The van der Waals surface area contributed by atoms with Crippen LogP contribution in [0.3, 0.4) is 0 Å². The van der Waals surface area contributed by atoms with E-state index in [9.17, 15) is 14.9 Å². The Bertz CT molecular complexity index is 1500. The first-order valence-electron chi connectivity index (χ1n) is 12.5. The van der Waals surface area contributed by atoms with Crippen LogP contribution in [-0.4, -0.2) is 51.4 Å². The molecule has 5 rings (SSSR count). The molecule has 0 radical (unpaired) electrons. The van der Waals surface area contributed by atoms with Gasteiger partial charge in [-0.15, -0.1) is 0 Å². The van der Waals surface area contributed by atoms with Gasteiger partial charge in [0.25, 0.3) is 0 Å². The van der Waals surface area contributed by atoms with Crippen molar-refractivity contribution in [1.82, 2.24) is 24.3 Å². The van der Waals surface area contributed by atoms with E-state index in [0.29, 0.717) is 48.9 Å². The van der Waals surface area contributed by atoms with Crippen LogP contribution >= 0.6 is 0 Å². The number of rotatable bonds is 6. The number of carbonyl (C=O) groups is 1. The normalized spacial score (nSPS) is 19.3. The second-order valence-electron chi connectivity index (χ2n) is 9.99. The highest BCUT2D eigenvalue weighted by Gasteiger charge is 2.31. The molecule has 0 aliphatic carbocycles. The van der Waals surface area contributed by atoms with Gasteiger partial charge in [0.1, 0.15) is 29.8 Å². The highest BCUT2D eigenvalue weighted by molar-refractivity contribution is 5.94. The van der Waals surface area contributed by atoms with E-state index >= 15 is 0 Å². The summed E-state index contributed by atoms with van der Waals surface area (Å²) in [5.74, 6) is 0.457. The van der Waals surface area contributed by atoms with Gasteiger partial charge >= 0.3 is 11.7 Å². The summed E-state index contributed by atoms with van der Waals surface area (Å²) in [6, 6.07) is 7.30. The third-order valence-electron chi connectivity index (χ3n) is 7.23. The molecule has 2 aromatic heterocycles. The van der Waals surface area contributed by atoms with Crippen molar-refractivity contribution in [2.45, 2.75) is 52.2 Å². The number of nitrogens with one attached hydrogen (secondary N) is 1. The maximum absolute atomic E-state index is 13.4. The van der Waals surface area contributed by atoms with Crippen LogP contribution in [0.1, 0.15) is 64.2 Å². The fourth-order valence-electron chi connectivity index (χ4n) is 5.42. The van der Waals surface area contributed by atoms with Crippen LogP contribution in [0, 0.1) is 18.3 Å². The minimum Gasteiger partial charge on any atom is -0.495 e. The third-order valence-corrected chi connectivity index (χ3v) is 7.23. The highest BCUT2D eigenvalue weighted by Crippen LogP contribution is 2.31. The zero-order valence-electron chi connectivity index (χ0n) is 21.9. The SMILES string of the molecule is COc1cc(-n2cc(CN3C[C@@H](c4ccc5c(c4C)COC5=O)N[C@@H](N)C3)n(C(C)C)c2=O)ncc1C#N. The van der Waals surface area contributed by atoms with Crippen LogP contribution in [0.25, 0.3) is 5.82 Å². The van der Waals surface area contributed by atoms with Crippen molar-refractivity contribution in [3.63, 3.8) is 0 Å². The molecule has 11 nitrogen and oxygen atoms in total. The molecule has 0 unspecified atom stereocenters. The molecule has 3 aromatic rings. The van der Waals surface area contributed by atoms with E-state index in [1.54, 1.807) is 16.8 Å². The second kappa shape index (κ2) is 10.1. The molecule has 38 heavy (non-hydrogen) atoms. The van der Waals surface area contributed by atoms with Gasteiger partial charge in [0.15, 0.2) is 0 Å². The Kier molecular flexibility index (Phi) is 6.79. The lowest BCUT2D eigenvalue weighted by Crippen LogP contribution is -2.56. The van der Waals surface area contributed by atoms with Crippen molar-refractivity contribution in [2.24, 2.45) is 5.73 Å². The van der Waals surface area contributed by atoms with Crippen LogP contribution in [0.2, 0.25) is 0 Å². The lowest BCUT2D eigenvalue weighted by atomic mass is 9.93. The Morgan fingerprint density at radius 2 is 2.11 bits per heavy atom. The number of pyridine rings is 1. The fourth-order valence-corrected chi connectivity index (χ4v) is 5.42. The molecule has 0 saturated carbocycles. The van der Waals surface area contributed by atoms with Gasteiger partial charge in [0.2, 0.25) is 0 Å². The molecule has 4 heterocycles. The molecule has 11 heteroatoms. The van der Waals surface area contributed by atoms with Crippen molar-refractivity contribution < 1.29 is 14.3 Å². The highest BCUT2D eigenvalue weighted by atomic mass is 16.5. The van der Waals surface area contributed by atoms with Crippen LogP contribution < -0.4 is 21.5 Å². The quantitative estimate of drug-likeness (QED) is 0.469. The largest absolute Gasteiger partial charge is 0.495 e. The number of esters is 1. The molecule has 1 saturated heterocycles. The van der Waals surface area contributed by atoms with Crippen molar-refractivity contribution in [1.29, 1.82) is 5.26 Å².